The average Bonchev–Trinajstić information content (AvgIpc) is 2.37. The van der Waals surface area contributed by atoms with E-state index in [0.717, 1.165) is 0 Å². The van der Waals surface area contributed by atoms with Crippen molar-refractivity contribution in [1.82, 2.24) is 0 Å². The molecule has 4 heteroatoms. The molecule has 2 aromatic carbocycles. The molecule has 0 amide bonds. The average molecular weight is 338 g/mol. The van der Waals surface area contributed by atoms with Crippen LogP contribution in [0.4, 0.5) is 0 Å². The topological polar surface area (TPSA) is 34.1 Å². The molecule has 0 aliphatic rings. The van der Waals surface area contributed by atoms with E-state index in [4.69, 9.17) is 0 Å². The maximum absolute atomic E-state index is 10.2. The Kier molecular flexibility index (Phi) is 9.33. The first-order valence-electron chi connectivity index (χ1n) is 7.12. The Balaban J connectivity index is 0.000000372. The molecule has 2 nitrogen and oxygen atoms in total. The third kappa shape index (κ3) is 17.0. The Hall–Kier alpha value is -1.10. The second kappa shape index (κ2) is 9.82. The number of benzene rings is 2. The van der Waals surface area contributed by atoms with Crippen LogP contribution < -0.4 is 0 Å². The predicted octanol–water partition coefficient (Wildman–Crippen LogP) is 5.83. The van der Waals surface area contributed by atoms with E-state index in [1.165, 1.54) is 11.1 Å². The molecule has 0 saturated carbocycles. The van der Waals surface area contributed by atoms with Crippen molar-refractivity contribution in [1.29, 1.82) is 0 Å². The van der Waals surface area contributed by atoms with Gasteiger partial charge in [-0.15, -0.1) is 0 Å². The normalized spacial score (nSPS) is 10.6. The van der Waals surface area contributed by atoms with Crippen LogP contribution in [0.2, 0.25) is 0 Å². The fraction of sp³-hybridized carbons (Fsp3) is 0.333. The molecule has 0 fully saturated rings. The van der Waals surface area contributed by atoms with Crippen molar-refractivity contribution >= 4 is 14.3 Å². The van der Waals surface area contributed by atoms with Gasteiger partial charge in [-0.2, -0.15) is 0 Å². The van der Waals surface area contributed by atoms with E-state index in [2.05, 4.69) is 48.5 Å². The van der Waals surface area contributed by atoms with Crippen molar-refractivity contribution in [3.05, 3.63) is 60.7 Å². The van der Waals surface area contributed by atoms with Gasteiger partial charge in [0.25, 0.3) is 0 Å². The van der Waals surface area contributed by atoms with Gasteiger partial charge in [0.15, 0.2) is 0 Å². The molecule has 0 aliphatic heterocycles. The molecule has 0 unspecified atom stereocenters. The fourth-order valence-electron chi connectivity index (χ4n) is 1.26. The largest absolute Gasteiger partial charge is 0.324 e. The summed E-state index contributed by atoms with van der Waals surface area (Å²) in [6.07, 6.45) is 0. The van der Waals surface area contributed by atoms with E-state index in [0.29, 0.717) is 0 Å². The minimum Gasteiger partial charge on any atom is -0.324 e. The van der Waals surface area contributed by atoms with Gasteiger partial charge >= 0.3 is 0 Å². The summed E-state index contributed by atoms with van der Waals surface area (Å²) in [6, 6.07) is 20.8. The molecule has 0 radical (unpaired) electrons. The molecule has 2 rings (SSSR count). The first-order chi connectivity index (χ1) is 9.97. The molecule has 0 saturated heterocycles. The summed E-state index contributed by atoms with van der Waals surface area (Å²) >= 11 is 0. The van der Waals surface area contributed by atoms with Gasteiger partial charge < -0.3 is 9.13 Å². The Labute approximate surface area is 135 Å². The van der Waals surface area contributed by atoms with E-state index in [1.54, 1.807) is 40.0 Å². The van der Waals surface area contributed by atoms with Crippen LogP contribution in [-0.4, -0.2) is 40.0 Å². The lowest BCUT2D eigenvalue weighted by Crippen LogP contribution is -1.73. The highest BCUT2D eigenvalue weighted by atomic mass is 31.2. The summed E-state index contributed by atoms with van der Waals surface area (Å²) in [5, 5.41) is 0. The summed E-state index contributed by atoms with van der Waals surface area (Å²) < 4.78 is 20.4. The third-order valence-corrected chi connectivity index (χ3v) is 1.88. The summed E-state index contributed by atoms with van der Waals surface area (Å²) in [5.41, 5.74) is 2.55. The smallest absolute Gasteiger partial charge is 0.0790 e. The van der Waals surface area contributed by atoms with E-state index < -0.39 is 14.3 Å². The SMILES string of the molecule is CP(C)(C)=O.CP(C)(C)=O.c1ccc(-c2ccccc2)cc1. The van der Waals surface area contributed by atoms with Gasteiger partial charge in [-0.05, 0) is 51.1 Å². The molecule has 2 aromatic rings. The zero-order valence-corrected chi connectivity index (χ0v) is 16.3. The molecule has 22 heavy (non-hydrogen) atoms. The molecule has 0 N–H and O–H groups in total. The van der Waals surface area contributed by atoms with Crippen LogP contribution in [0.15, 0.2) is 60.7 Å². The Morgan fingerprint density at radius 2 is 0.682 bits per heavy atom. The first kappa shape index (κ1) is 20.9. The highest BCUT2D eigenvalue weighted by molar-refractivity contribution is 7.61. The maximum atomic E-state index is 10.2. The van der Waals surface area contributed by atoms with Crippen LogP contribution in [0.1, 0.15) is 0 Å². The number of hydrogen-bond acceptors (Lipinski definition) is 2. The predicted molar refractivity (Wildman–Crippen MR) is 103 cm³/mol. The zero-order valence-electron chi connectivity index (χ0n) is 14.5. The van der Waals surface area contributed by atoms with Crippen molar-refractivity contribution in [2.45, 2.75) is 0 Å². The molecule has 122 valence electrons. The van der Waals surface area contributed by atoms with Crippen molar-refractivity contribution in [2.75, 3.05) is 40.0 Å². The minimum atomic E-state index is -1.64. The molecule has 0 atom stereocenters. The van der Waals surface area contributed by atoms with Crippen molar-refractivity contribution in [3.8, 4) is 11.1 Å². The van der Waals surface area contributed by atoms with Gasteiger partial charge in [0, 0.05) is 0 Å². The Morgan fingerprint density at radius 1 is 0.500 bits per heavy atom. The second-order valence-corrected chi connectivity index (χ2v) is 14.1. The lowest BCUT2D eigenvalue weighted by atomic mass is 10.1. The standard InChI is InChI=1S/C12H10.2C3H9OP/c1-3-7-11(8-4-1)12-9-5-2-6-10-12;2*1-5(2,3)4/h1-10H;2*1-3H3. The van der Waals surface area contributed by atoms with Gasteiger partial charge in [-0.1, -0.05) is 60.7 Å². The Morgan fingerprint density at radius 3 is 0.864 bits per heavy atom. The van der Waals surface area contributed by atoms with E-state index in [9.17, 15) is 9.13 Å². The van der Waals surface area contributed by atoms with E-state index >= 15 is 0 Å². The summed E-state index contributed by atoms with van der Waals surface area (Å²) in [6.45, 7) is 10.5. The quantitative estimate of drug-likeness (QED) is 0.613. The van der Waals surface area contributed by atoms with Crippen LogP contribution in [0.25, 0.3) is 11.1 Å². The molecule has 0 aromatic heterocycles. The van der Waals surface area contributed by atoms with Gasteiger partial charge in [-0.3, -0.25) is 0 Å². The molecule has 0 aliphatic carbocycles. The van der Waals surface area contributed by atoms with Crippen LogP contribution >= 0.6 is 14.3 Å². The fourth-order valence-corrected chi connectivity index (χ4v) is 1.26. The van der Waals surface area contributed by atoms with Crippen molar-refractivity contribution < 1.29 is 9.13 Å². The summed E-state index contributed by atoms with van der Waals surface area (Å²) in [5.74, 6) is 0. The zero-order chi connectivity index (χ0) is 17.2. The maximum Gasteiger partial charge on any atom is 0.0790 e. The number of hydrogen-bond donors (Lipinski definition) is 0. The van der Waals surface area contributed by atoms with Gasteiger partial charge in [0.05, 0.1) is 14.3 Å². The number of rotatable bonds is 1. The van der Waals surface area contributed by atoms with E-state index in [-0.39, 0.29) is 0 Å². The van der Waals surface area contributed by atoms with Crippen LogP contribution in [0.3, 0.4) is 0 Å². The summed E-state index contributed by atoms with van der Waals surface area (Å²) in [4.78, 5) is 0. The van der Waals surface area contributed by atoms with E-state index in [1.807, 2.05) is 12.1 Å². The highest BCUT2D eigenvalue weighted by Crippen LogP contribution is 2.28. The van der Waals surface area contributed by atoms with Crippen molar-refractivity contribution in [2.24, 2.45) is 0 Å². The van der Waals surface area contributed by atoms with Crippen LogP contribution in [-0.2, 0) is 9.13 Å². The minimum absolute atomic E-state index is 1.28. The molecule has 0 spiro atoms. The molecule has 0 bridgehead atoms. The first-order valence-corrected chi connectivity index (χ1v) is 13.2. The second-order valence-electron chi connectivity index (χ2n) is 6.51. The summed E-state index contributed by atoms with van der Waals surface area (Å²) in [7, 11) is -3.28. The Bertz CT molecular complexity index is 536. The van der Waals surface area contributed by atoms with Crippen molar-refractivity contribution in [3.63, 3.8) is 0 Å². The third-order valence-electron chi connectivity index (χ3n) is 1.88. The lowest BCUT2D eigenvalue weighted by Gasteiger charge is -1.98. The monoisotopic (exact) mass is 338 g/mol. The van der Waals surface area contributed by atoms with Gasteiger partial charge in [0.2, 0.25) is 0 Å². The lowest BCUT2D eigenvalue weighted by molar-refractivity contribution is 0.585. The van der Waals surface area contributed by atoms with Gasteiger partial charge in [0.1, 0.15) is 0 Å². The molecular formula is C18H28O2P2. The molecular weight excluding hydrogens is 310 g/mol. The van der Waals surface area contributed by atoms with Crippen LogP contribution in [0, 0.1) is 0 Å². The molecule has 0 heterocycles. The van der Waals surface area contributed by atoms with Crippen LogP contribution in [0.5, 0.6) is 0 Å². The highest BCUT2D eigenvalue weighted by Gasteiger charge is 1.92. The van der Waals surface area contributed by atoms with Gasteiger partial charge in [-0.25, -0.2) is 0 Å².